The van der Waals surface area contributed by atoms with Crippen molar-refractivity contribution in [3.8, 4) is 0 Å². The summed E-state index contributed by atoms with van der Waals surface area (Å²) in [4.78, 5) is 23.6. The number of benzene rings is 2. The zero-order chi connectivity index (χ0) is 18.4. The van der Waals surface area contributed by atoms with E-state index in [9.17, 15) is 18.0 Å². The molecule has 2 aromatic carbocycles. The monoisotopic (exact) mass is 363 g/mol. The van der Waals surface area contributed by atoms with Crippen LogP contribution in [-0.4, -0.2) is 34.5 Å². The first-order chi connectivity index (χ1) is 11.9. The summed E-state index contributed by atoms with van der Waals surface area (Å²) in [6.45, 7) is -0.0628. The van der Waals surface area contributed by atoms with Crippen molar-refractivity contribution in [1.29, 1.82) is 0 Å². The molecule has 0 aliphatic rings. The van der Waals surface area contributed by atoms with Gasteiger partial charge in [-0.15, -0.1) is 0 Å². The third-order valence-corrected chi connectivity index (χ3v) is 4.78. The molecule has 8 heteroatoms. The first-order valence-electron chi connectivity index (χ1n) is 7.25. The standard InChI is InChI=1S/C17H17NO6S/c1-18-25(21,22)15-8-4-7-14(10-15)17(20)24-11-12-5-3-6-13(9-12)16(19)23-2/h3-10,18H,11H2,1-2H3. The Morgan fingerprint density at radius 1 is 1.00 bits per heavy atom. The summed E-state index contributed by atoms with van der Waals surface area (Å²) < 4.78 is 35.5. The number of hydrogen-bond donors (Lipinski definition) is 1. The lowest BCUT2D eigenvalue weighted by Gasteiger charge is -2.08. The molecule has 25 heavy (non-hydrogen) atoms. The minimum Gasteiger partial charge on any atom is -0.465 e. The summed E-state index contributed by atoms with van der Waals surface area (Å²) >= 11 is 0. The van der Waals surface area contributed by atoms with Gasteiger partial charge >= 0.3 is 11.9 Å². The summed E-state index contributed by atoms with van der Waals surface area (Å²) in [6.07, 6.45) is 0. The molecule has 0 heterocycles. The van der Waals surface area contributed by atoms with E-state index in [1.807, 2.05) is 0 Å². The molecule has 0 saturated heterocycles. The molecule has 0 fully saturated rings. The second-order valence-corrected chi connectivity index (χ2v) is 6.89. The maximum Gasteiger partial charge on any atom is 0.338 e. The number of methoxy groups -OCH3 is 1. The van der Waals surface area contributed by atoms with Gasteiger partial charge in [-0.2, -0.15) is 0 Å². The van der Waals surface area contributed by atoms with Crippen LogP contribution in [0.15, 0.2) is 53.4 Å². The summed E-state index contributed by atoms with van der Waals surface area (Å²) in [6, 6.07) is 12.0. The van der Waals surface area contributed by atoms with Crippen LogP contribution in [0.3, 0.4) is 0 Å². The highest BCUT2D eigenvalue weighted by Gasteiger charge is 2.15. The Kier molecular flexibility index (Phi) is 5.89. The van der Waals surface area contributed by atoms with Gasteiger partial charge in [0.05, 0.1) is 23.1 Å². The van der Waals surface area contributed by atoms with Gasteiger partial charge in [0.15, 0.2) is 0 Å². The number of sulfonamides is 1. The van der Waals surface area contributed by atoms with Crippen LogP contribution in [0.5, 0.6) is 0 Å². The lowest BCUT2D eigenvalue weighted by atomic mass is 10.1. The summed E-state index contributed by atoms with van der Waals surface area (Å²) in [5.41, 5.74) is 1.06. The predicted octanol–water partition coefficient (Wildman–Crippen LogP) is 1.74. The van der Waals surface area contributed by atoms with E-state index in [-0.39, 0.29) is 17.1 Å². The molecular weight excluding hydrogens is 346 g/mol. The van der Waals surface area contributed by atoms with Crippen LogP contribution in [0.25, 0.3) is 0 Å². The Bertz CT molecular complexity index is 892. The number of nitrogens with one attached hydrogen (secondary N) is 1. The van der Waals surface area contributed by atoms with Gasteiger partial charge < -0.3 is 9.47 Å². The quantitative estimate of drug-likeness (QED) is 0.785. The van der Waals surface area contributed by atoms with E-state index < -0.39 is 22.0 Å². The molecule has 0 radical (unpaired) electrons. The van der Waals surface area contributed by atoms with Crippen LogP contribution in [0.2, 0.25) is 0 Å². The van der Waals surface area contributed by atoms with Crippen molar-refractivity contribution in [3.63, 3.8) is 0 Å². The fraction of sp³-hybridized carbons (Fsp3) is 0.176. The van der Waals surface area contributed by atoms with E-state index >= 15 is 0 Å². The fourth-order valence-electron chi connectivity index (χ4n) is 2.05. The van der Waals surface area contributed by atoms with E-state index in [0.717, 1.165) is 0 Å². The molecule has 2 rings (SSSR count). The van der Waals surface area contributed by atoms with Gasteiger partial charge in [0.1, 0.15) is 6.61 Å². The van der Waals surface area contributed by atoms with E-state index in [0.29, 0.717) is 11.1 Å². The number of carbonyl (C=O) groups excluding carboxylic acids is 2. The minimum absolute atomic E-state index is 0.0304. The lowest BCUT2D eigenvalue weighted by molar-refractivity contribution is 0.0472. The van der Waals surface area contributed by atoms with Gasteiger partial charge in [-0.05, 0) is 42.9 Å². The Morgan fingerprint density at radius 3 is 2.28 bits per heavy atom. The van der Waals surface area contributed by atoms with Crippen molar-refractivity contribution in [2.75, 3.05) is 14.2 Å². The highest BCUT2D eigenvalue weighted by molar-refractivity contribution is 7.89. The van der Waals surface area contributed by atoms with Crippen LogP contribution in [-0.2, 0) is 26.1 Å². The highest BCUT2D eigenvalue weighted by Crippen LogP contribution is 2.14. The first-order valence-corrected chi connectivity index (χ1v) is 8.73. The van der Waals surface area contributed by atoms with Gasteiger partial charge in [0.2, 0.25) is 10.0 Å². The molecule has 0 aliphatic carbocycles. The molecule has 132 valence electrons. The number of hydrogen-bond acceptors (Lipinski definition) is 6. The number of ether oxygens (including phenoxy) is 2. The van der Waals surface area contributed by atoms with Gasteiger partial charge in [0, 0.05) is 0 Å². The third kappa shape index (κ3) is 4.65. The van der Waals surface area contributed by atoms with Crippen molar-refractivity contribution in [1.82, 2.24) is 4.72 Å². The molecule has 7 nitrogen and oxygen atoms in total. The average molecular weight is 363 g/mol. The largest absolute Gasteiger partial charge is 0.465 e. The van der Waals surface area contributed by atoms with Gasteiger partial charge in [-0.25, -0.2) is 22.7 Å². The smallest absolute Gasteiger partial charge is 0.338 e. The van der Waals surface area contributed by atoms with E-state index in [1.54, 1.807) is 24.3 Å². The normalized spacial score (nSPS) is 11.0. The molecule has 0 bridgehead atoms. The molecule has 1 N–H and O–H groups in total. The molecule has 0 aliphatic heterocycles. The van der Waals surface area contributed by atoms with Crippen LogP contribution in [0.1, 0.15) is 26.3 Å². The number of carbonyl (C=O) groups is 2. The van der Waals surface area contributed by atoms with E-state index in [1.165, 1.54) is 38.4 Å². The summed E-state index contributed by atoms with van der Waals surface area (Å²) in [7, 11) is -1.08. The van der Waals surface area contributed by atoms with Crippen LogP contribution < -0.4 is 4.72 Å². The second kappa shape index (κ2) is 7.91. The van der Waals surface area contributed by atoms with Crippen LogP contribution >= 0.6 is 0 Å². The number of esters is 2. The SMILES string of the molecule is CNS(=O)(=O)c1cccc(C(=O)OCc2cccc(C(=O)OC)c2)c1. The van der Waals surface area contributed by atoms with Crippen LogP contribution in [0, 0.1) is 0 Å². The lowest BCUT2D eigenvalue weighted by Crippen LogP contribution is -2.19. The van der Waals surface area contributed by atoms with Crippen LogP contribution in [0.4, 0.5) is 0 Å². The molecular formula is C17H17NO6S. The summed E-state index contributed by atoms with van der Waals surface area (Å²) in [5, 5.41) is 0. The molecule has 0 amide bonds. The summed E-state index contributed by atoms with van der Waals surface area (Å²) in [5.74, 6) is -1.16. The Morgan fingerprint density at radius 2 is 1.64 bits per heavy atom. The Hall–Kier alpha value is -2.71. The molecule has 2 aromatic rings. The molecule has 0 aromatic heterocycles. The van der Waals surface area contributed by atoms with E-state index in [4.69, 9.17) is 4.74 Å². The first kappa shape index (κ1) is 18.6. The second-order valence-electron chi connectivity index (χ2n) is 5.00. The maximum absolute atomic E-state index is 12.1. The van der Waals surface area contributed by atoms with Crippen molar-refractivity contribution < 1.29 is 27.5 Å². The van der Waals surface area contributed by atoms with Crippen molar-refractivity contribution >= 4 is 22.0 Å². The highest BCUT2D eigenvalue weighted by atomic mass is 32.2. The molecule has 0 spiro atoms. The molecule has 0 atom stereocenters. The van der Waals surface area contributed by atoms with E-state index in [2.05, 4.69) is 9.46 Å². The number of rotatable bonds is 6. The average Bonchev–Trinajstić information content (AvgIpc) is 2.65. The zero-order valence-corrected chi connectivity index (χ0v) is 14.5. The Balaban J connectivity index is 2.11. The minimum atomic E-state index is -3.65. The van der Waals surface area contributed by atoms with Crippen molar-refractivity contribution in [3.05, 3.63) is 65.2 Å². The van der Waals surface area contributed by atoms with Gasteiger partial charge in [0.25, 0.3) is 0 Å². The molecule has 0 unspecified atom stereocenters. The predicted molar refractivity (Wildman–Crippen MR) is 89.6 cm³/mol. The third-order valence-electron chi connectivity index (χ3n) is 3.37. The van der Waals surface area contributed by atoms with Gasteiger partial charge in [-0.1, -0.05) is 18.2 Å². The zero-order valence-electron chi connectivity index (χ0n) is 13.7. The Labute approximate surface area is 145 Å². The topological polar surface area (TPSA) is 98.8 Å². The fourth-order valence-corrected chi connectivity index (χ4v) is 2.82. The maximum atomic E-state index is 12.1. The van der Waals surface area contributed by atoms with Crippen molar-refractivity contribution in [2.24, 2.45) is 0 Å². The molecule has 0 saturated carbocycles. The van der Waals surface area contributed by atoms with Gasteiger partial charge in [-0.3, -0.25) is 0 Å². The van der Waals surface area contributed by atoms with Crippen molar-refractivity contribution in [2.45, 2.75) is 11.5 Å².